The molecule has 0 aliphatic heterocycles. The van der Waals surface area contributed by atoms with Crippen molar-refractivity contribution < 1.29 is 19.8 Å². The van der Waals surface area contributed by atoms with E-state index < -0.39 is 30.3 Å². The lowest BCUT2D eigenvalue weighted by atomic mass is 9.86. The van der Waals surface area contributed by atoms with Crippen LogP contribution < -0.4 is 33.6 Å². The summed E-state index contributed by atoms with van der Waals surface area (Å²) >= 11 is 11.7. The minimum atomic E-state index is -1.54. The van der Waals surface area contributed by atoms with Gasteiger partial charge in [-0.2, -0.15) is 9.98 Å². The first-order valence-corrected chi connectivity index (χ1v) is 13.4. The zero-order valence-corrected chi connectivity index (χ0v) is 24.1. The van der Waals surface area contributed by atoms with Gasteiger partial charge in [0, 0.05) is 28.0 Å². The number of hydrogen-bond donors (Lipinski definition) is 8. The Kier molecular flexibility index (Phi) is 13.3. The number of halogens is 2. The van der Waals surface area contributed by atoms with Crippen LogP contribution in [-0.2, 0) is 9.59 Å². The number of anilines is 2. The maximum Gasteiger partial charge on any atom is 0.305 e. The van der Waals surface area contributed by atoms with Gasteiger partial charge in [-0.25, -0.2) is 4.99 Å². The maximum absolute atomic E-state index is 11.6. The van der Waals surface area contributed by atoms with Crippen LogP contribution in [0.4, 0.5) is 11.4 Å². The first-order valence-electron chi connectivity index (χ1n) is 12.7. The molecule has 0 heterocycles. The number of benzene rings is 2. The minimum absolute atomic E-state index is 0.0277. The third-order valence-electron chi connectivity index (χ3n) is 5.59. The lowest BCUT2D eigenvalue weighted by molar-refractivity contribution is -0.141. The van der Waals surface area contributed by atoms with Gasteiger partial charge in [-0.05, 0) is 61.4 Å². The number of nitrogens with zero attached hydrogens (tertiary/aromatic N) is 4. The molecule has 0 saturated carbocycles. The molecular formula is C26H34Cl2N10O4. The van der Waals surface area contributed by atoms with E-state index in [9.17, 15) is 19.8 Å². The first-order chi connectivity index (χ1) is 19.9. The Morgan fingerprint density at radius 2 is 1.17 bits per heavy atom. The van der Waals surface area contributed by atoms with E-state index in [-0.39, 0.29) is 30.3 Å². The number of hydrogen-bond acceptors (Lipinski definition) is 4. The largest absolute Gasteiger partial charge is 0.481 e. The zero-order chi connectivity index (χ0) is 31.1. The van der Waals surface area contributed by atoms with Crippen LogP contribution in [0, 0.1) is 0 Å². The molecule has 226 valence electrons. The van der Waals surface area contributed by atoms with E-state index in [1.54, 1.807) is 48.5 Å². The molecule has 16 heteroatoms. The number of nitrogens with two attached hydrogens (primary N) is 4. The van der Waals surface area contributed by atoms with Gasteiger partial charge in [0.2, 0.25) is 23.8 Å². The molecule has 0 saturated heterocycles. The minimum Gasteiger partial charge on any atom is -0.481 e. The summed E-state index contributed by atoms with van der Waals surface area (Å²) in [5.74, 6) is -2.93. The summed E-state index contributed by atoms with van der Waals surface area (Å²) in [6, 6.07) is 13.4. The molecule has 0 radical (unpaired) electrons. The van der Waals surface area contributed by atoms with Gasteiger partial charge in [0.1, 0.15) is 0 Å². The Labute approximate surface area is 252 Å². The van der Waals surface area contributed by atoms with Gasteiger partial charge in [-0.1, -0.05) is 36.0 Å². The van der Waals surface area contributed by atoms with E-state index in [1.807, 2.05) is 0 Å². The van der Waals surface area contributed by atoms with Gasteiger partial charge in [0.15, 0.2) is 0 Å². The van der Waals surface area contributed by atoms with Crippen LogP contribution in [0.1, 0.15) is 38.5 Å². The predicted octanol–water partition coefficient (Wildman–Crippen LogP) is 3.02. The molecule has 12 N–H and O–H groups in total. The Balaban J connectivity index is 2.00. The number of carbonyl (C=O) groups is 2. The summed E-state index contributed by atoms with van der Waals surface area (Å²) in [4.78, 5) is 39.6. The van der Waals surface area contributed by atoms with Crippen LogP contribution in [0.2, 0.25) is 10.0 Å². The van der Waals surface area contributed by atoms with E-state index in [4.69, 9.17) is 46.1 Å². The third-order valence-corrected chi connectivity index (χ3v) is 6.09. The predicted molar refractivity (Wildman–Crippen MR) is 167 cm³/mol. The van der Waals surface area contributed by atoms with Crippen LogP contribution in [0.25, 0.3) is 0 Å². The van der Waals surface area contributed by atoms with Crippen molar-refractivity contribution in [2.45, 2.75) is 44.1 Å². The highest BCUT2D eigenvalue weighted by molar-refractivity contribution is 6.31. The molecule has 0 amide bonds. The van der Waals surface area contributed by atoms with Gasteiger partial charge in [0.25, 0.3) is 0 Å². The highest BCUT2D eigenvalue weighted by Gasteiger charge is 2.35. The third kappa shape index (κ3) is 13.2. The molecule has 0 aromatic heterocycles. The van der Waals surface area contributed by atoms with Crippen molar-refractivity contribution in [3.05, 3.63) is 58.6 Å². The molecule has 0 spiro atoms. The second-order valence-electron chi connectivity index (χ2n) is 9.14. The first kappa shape index (κ1) is 33.6. The standard InChI is InChI=1S/C26H34Cl2N10O4/c27-16-4-8-18(9-5-16)34-23(30)36-22(29)33-13-3-1-2-12-26(14-20(39)40,15-21(41)42)38-25(32)37-24(31)35-19-10-6-17(28)7-11-19/h4-11H,1-3,12-15H2,(H,39,40)(H,41,42)(H5,29,30,33,34,36)(H5,31,32,35,37,38). The number of aliphatic imine (C=N–C) groups is 4. The van der Waals surface area contributed by atoms with E-state index in [0.717, 1.165) is 0 Å². The number of rotatable bonds is 13. The van der Waals surface area contributed by atoms with E-state index >= 15 is 0 Å². The molecule has 0 fully saturated rings. The van der Waals surface area contributed by atoms with E-state index in [1.165, 1.54) is 0 Å². The van der Waals surface area contributed by atoms with Crippen molar-refractivity contribution in [1.29, 1.82) is 0 Å². The van der Waals surface area contributed by atoms with Crippen LogP contribution in [0.15, 0.2) is 68.5 Å². The van der Waals surface area contributed by atoms with Crippen molar-refractivity contribution in [3.8, 4) is 0 Å². The van der Waals surface area contributed by atoms with Crippen molar-refractivity contribution >= 4 is 70.4 Å². The van der Waals surface area contributed by atoms with Crippen molar-refractivity contribution in [2.75, 3.05) is 17.2 Å². The highest BCUT2D eigenvalue weighted by Crippen LogP contribution is 2.29. The van der Waals surface area contributed by atoms with E-state index in [2.05, 4.69) is 30.6 Å². The van der Waals surface area contributed by atoms with Crippen LogP contribution in [-0.4, -0.2) is 58.1 Å². The van der Waals surface area contributed by atoms with Gasteiger partial charge in [0.05, 0.1) is 18.4 Å². The Morgan fingerprint density at radius 1 is 0.714 bits per heavy atom. The molecule has 0 atom stereocenters. The molecular weight excluding hydrogens is 587 g/mol. The fourth-order valence-electron chi connectivity index (χ4n) is 3.84. The van der Waals surface area contributed by atoms with Gasteiger partial charge in [-0.15, -0.1) is 0 Å². The fraction of sp³-hybridized carbons (Fsp3) is 0.308. The molecule has 0 aliphatic rings. The lowest BCUT2D eigenvalue weighted by Crippen LogP contribution is -2.36. The number of nitrogens with one attached hydrogen (secondary N) is 2. The van der Waals surface area contributed by atoms with Crippen molar-refractivity contribution in [2.24, 2.45) is 42.9 Å². The summed E-state index contributed by atoms with van der Waals surface area (Å²) in [7, 11) is 0. The Morgan fingerprint density at radius 3 is 1.62 bits per heavy atom. The molecule has 0 aliphatic carbocycles. The second kappa shape index (κ2) is 16.6. The zero-order valence-electron chi connectivity index (χ0n) is 22.6. The molecule has 0 unspecified atom stereocenters. The van der Waals surface area contributed by atoms with Gasteiger partial charge >= 0.3 is 11.9 Å². The van der Waals surface area contributed by atoms with Crippen LogP contribution in [0.5, 0.6) is 0 Å². The number of guanidine groups is 4. The number of unbranched alkanes of at least 4 members (excludes halogenated alkanes) is 2. The molecule has 42 heavy (non-hydrogen) atoms. The van der Waals surface area contributed by atoms with Crippen LogP contribution in [0.3, 0.4) is 0 Å². The Hall–Kier alpha value is -4.56. The summed E-state index contributed by atoms with van der Waals surface area (Å²) < 4.78 is 0. The molecule has 2 rings (SSSR count). The quantitative estimate of drug-likeness (QED) is 0.0921. The SMILES string of the molecule is NC(=NCCCCCC(CC(=O)O)(CC(=O)O)N=C(N)N=C(N)Nc1ccc(Cl)cc1)N=C(N)Nc1ccc(Cl)cc1. The summed E-state index contributed by atoms with van der Waals surface area (Å²) in [5, 5.41) is 25.8. The smallest absolute Gasteiger partial charge is 0.305 e. The highest BCUT2D eigenvalue weighted by atomic mass is 35.5. The van der Waals surface area contributed by atoms with E-state index in [0.29, 0.717) is 47.2 Å². The maximum atomic E-state index is 11.6. The fourth-order valence-corrected chi connectivity index (χ4v) is 4.09. The topological polar surface area (TPSA) is 252 Å². The van der Waals surface area contributed by atoms with Crippen molar-refractivity contribution in [3.63, 3.8) is 0 Å². The van der Waals surface area contributed by atoms with Gasteiger partial charge < -0.3 is 43.8 Å². The van der Waals surface area contributed by atoms with Gasteiger partial charge in [-0.3, -0.25) is 14.6 Å². The summed E-state index contributed by atoms with van der Waals surface area (Å²) in [5.41, 5.74) is 23.2. The average Bonchev–Trinajstić information content (AvgIpc) is 2.87. The second-order valence-corrected chi connectivity index (χ2v) is 10.0. The normalized spacial score (nSPS) is 13.1. The monoisotopic (exact) mass is 620 g/mol. The molecule has 2 aromatic rings. The number of carboxylic acids is 2. The number of carboxylic acid groups (broad SMARTS) is 2. The lowest BCUT2D eigenvalue weighted by Gasteiger charge is -2.27. The summed E-state index contributed by atoms with van der Waals surface area (Å²) in [6.45, 7) is 0.316. The molecule has 0 bridgehead atoms. The van der Waals surface area contributed by atoms with Crippen LogP contribution >= 0.6 is 23.2 Å². The molecule has 2 aromatic carbocycles. The van der Waals surface area contributed by atoms with Crippen molar-refractivity contribution in [1.82, 2.24) is 0 Å². The average molecular weight is 622 g/mol. The molecule has 14 nitrogen and oxygen atoms in total. The summed E-state index contributed by atoms with van der Waals surface area (Å²) in [6.07, 6.45) is 0.533. The Bertz CT molecular complexity index is 1310. The number of aliphatic carboxylic acids is 2.